The maximum Gasteiger partial charge on any atom is 0.224 e. The van der Waals surface area contributed by atoms with Crippen molar-refractivity contribution in [1.82, 2.24) is 15.1 Å². The van der Waals surface area contributed by atoms with Gasteiger partial charge >= 0.3 is 0 Å². The average Bonchev–Trinajstić information content (AvgIpc) is 2.66. The Morgan fingerprint density at radius 3 is 2.11 bits per heavy atom. The van der Waals surface area contributed by atoms with Gasteiger partial charge in [0.1, 0.15) is 0 Å². The van der Waals surface area contributed by atoms with Gasteiger partial charge in [-0.1, -0.05) is 11.6 Å². The zero-order valence-corrected chi connectivity index (χ0v) is 16.1. The van der Waals surface area contributed by atoms with Crippen molar-refractivity contribution in [3.8, 4) is 0 Å². The highest BCUT2D eigenvalue weighted by atomic mass is 35.5. The highest BCUT2D eigenvalue weighted by Gasteiger charge is 2.22. The molecule has 0 unspecified atom stereocenters. The molecule has 0 atom stereocenters. The molecule has 2 rings (SSSR count). The van der Waals surface area contributed by atoms with Gasteiger partial charge in [-0.3, -0.25) is 19.2 Å². The summed E-state index contributed by atoms with van der Waals surface area (Å²) < 4.78 is 0. The molecule has 1 aliphatic heterocycles. The van der Waals surface area contributed by atoms with Crippen molar-refractivity contribution < 1.29 is 19.2 Å². The number of nitrogens with zero attached hydrogens (tertiary/aromatic N) is 2. The smallest absolute Gasteiger partial charge is 0.224 e. The van der Waals surface area contributed by atoms with Crippen LogP contribution in [0, 0.1) is 0 Å². The first-order valence-corrected chi connectivity index (χ1v) is 9.33. The number of rotatable bonds is 7. The van der Waals surface area contributed by atoms with Crippen LogP contribution in [0.1, 0.15) is 36.5 Å². The van der Waals surface area contributed by atoms with Crippen molar-refractivity contribution in [1.29, 1.82) is 0 Å². The molecular weight excluding hydrogens is 370 g/mol. The Morgan fingerprint density at radius 1 is 0.926 bits per heavy atom. The Balaban J connectivity index is 1.63. The molecule has 0 radical (unpaired) electrons. The van der Waals surface area contributed by atoms with Gasteiger partial charge in [-0.15, -0.1) is 0 Å². The zero-order chi connectivity index (χ0) is 19.8. The lowest BCUT2D eigenvalue weighted by molar-refractivity contribution is -0.138. The molecule has 8 heteroatoms. The molecule has 7 nitrogen and oxygen atoms in total. The molecule has 3 amide bonds. The van der Waals surface area contributed by atoms with Crippen molar-refractivity contribution >= 4 is 35.1 Å². The molecule has 1 aromatic carbocycles. The Bertz CT molecular complexity index is 697. The summed E-state index contributed by atoms with van der Waals surface area (Å²) in [6.45, 7) is 3.87. The van der Waals surface area contributed by atoms with Crippen molar-refractivity contribution in [3.05, 3.63) is 34.9 Å². The van der Waals surface area contributed by atoms with Crippen molar-refractivity contribution in [2.24, 2.45) is 0 Å². The normalized spacial score (nSPS) is 14.0. The molecule has 146 valence electrons. The molecule has 0 aromatic heterocycles. The van der Waals surface area contributed by atoms with Crippen LogP contribution in [-0.2, 0) is 14.4 Å². The van der Waals surface area contributed by atoms with Gasteiger partial charge in [0.25, 0.3) is 0 Å². The number of hydrogen-bond donors (Lipinski definition) is 1. The maximum atomic E-state index is 12.1. The lowest BCUT2D eigenvalue weighted by Gasteiger charge is -2.34. The molecule has 1 N–H and O–H groups in total. The second-order valence-electron chi connectivity index (χ2n) is 6.42. The van der Waals surface area contributed by atoms with Crippen LogP contribution in [-0.4, -0.2) is 66.0 Å². The molecule has 0 spiro atoms. The lowest BCUT2D eigenvalue weighted by atomic mass is 10.1. The van der Waals surface area contributed by atoms with Crippen LogP contribution < -0.4 is 5.32 Å². The second-order valence-corrected chi connectivity index (χ2v) is 6.85. The van der Waals surface area contributed by atoms with Crippen LogP contribution in [0.25, 0.3) is 0 Å². The topological polar surface area (TPSA) is 86.8 Å². The molecular formula is C19H24ClN3O4. The van der Waals surface area contributed by atoms with Crippen LogP contribution >= 0.6 is 11.6 Å². The summed E-state index contributed by atoms with van der Waals surface area (Å²) in [6, 6.07) is 6.54. The monoisotopic (exact) mass is 393 g/mol. The Kier molecular flexibility index (Phi) is 7.79. The summed E-state index contributed by atoms with van der Waals surface area (Å²) >= 11 is 5.78. The van der Waals surface area contributed by atoms with E-state index in [9.17, 15) is 19.2 Å². The number of halogens is 1. The van der Waals surface area contributed by atoms with Crippen LogP contribution in [0.4, 0.5) is 0 Å². The molecule has 1 heterocycles. The Hall–Kier alpha value is -2.41. The van der Waals surface area contributed by atoms with E-state index in [0.29, 0.717) is 36.8 Å². The minimum atomic E-state index is -0.258. The molecule has 1 saturated heterocycles. The van der Waals surface area contributed by atoms with Gasteiger partial charge < -0.3 is 15.1 Å². The number of ketones is 1. The summed E-state index contributed by atoms with van der Waals surface area (Å²) in [7, 11) is 0. The predicted molar refractivity (Wildman–Crippen MR) is 101 cm³/mol. The zero-order valence-electron chi connectivity index (χ0n) is 15.4. The third-order valence-corrected chi connectivity index (χ3v) is 4.74. The third-order valence-electron chi connectivity index (χ3n) is 4.48. The van der Waals surface area contributed by atoms with Gasteiger partial charge in [0.15, 0.2) is 5.78 Å². The number of benzene rings is 1. The number of Topliss-reactive ketones (excluding diaryl/α,β-unsaturated/α-hetero) is 1. The van der Waals surface area contributed by atoms with Crippen molar-refractivity contribution in [3.63, 3.8) is 0 Å². The predicted octanol–water partition coefficient (Wildman–Crippen LogP) is 1.50. The number of nitrogens with one attached hydrogen (secondary N) is 1. The molecule has 0 bridgehead atoms. The van der Waals surface area contributed by atoms with Crippen LogP contribution in [0.15, 0.2) is 24.3 Å². The summed E-state index contributed by atoms with van der Waals surface area (Å²) in [5, 5.41) is 3.22. The van der Waals surface area contributed by atoms with Crippen LogP contribution in [0.5, 0.6) is 0 Å². The van der Waals surface area contributed by atoms with E-state index < -0.39 is 0 Å². The fraction of sp³-hybridized carbons (Fsp3) is 0.474. The number of amides is 3. The number of carbonyl (C=O) groups excluding carboxylic acids is 4. The van der Waals surface area contributed by atoms with Crippen LogP contribution in [0.2, 0.25) is 5.02 Å². The quantitative estimate of drug-likeness (QED) is 0.711. The van der Waals surface area contributed by atoms with E-state index in [0.717, 1.165) is 0 Å². The summed E-state index contributed by atoms with van der Waals surface area (Å²) in [5.74, 6) is -0.411. The third kappa shape index (κ3) is 6.67. The maximum absolute atomic E-state index is 12.1. The van der Waals surface area contributed by atoms with Gasteiger partial charge in [-0.25, -0.2) is 0 Å². The van der Waals surface area contributed by atoms with Gasteiger partial charge in [0.05, 0.1) is 0 Å². The largest absolute Gasteiger partial charge is 0.356 e. The SMILES string of the molecule is CC(=O)N1CCN(C(=O)CCNC(=O)CCC(=O)c2ccc(Cl)cc2)CC1. The van der Waals surface area contributed by atoms with E-state index in [-0.39, 0.29) is 49.3 Å². The molecule has 27 heavy (non-hydrogen) atoms. The highest BCUT2D eigenvalue weighted by molar-refractivity contribution is 6.30. The minimum absolute atomic E-state index is 0.0162. The second kappa shape index (κ2) is 10.1. The number of hydrogen-bond acceptors (Lipinski definition) is 4. The van der Waals surface area contributed by atoms with Crippen molar-refractivity contribution in [2.75, 3.05) is 32.7 Å². The first-order chi connectivity index (χ1) is 12.9. The van der Waals surface area contributed by atoms with E-state index in [2.05, 4.69) is 5.32 Å². The van der Waals surface area contributed by atoms with E-state index in [4.69, 9.17) is 11.6 Å². The molecule has 1 aliphatic rings. The van der Waals surface area contributed by atoms with E-state index in [1.165, 1.54) is 6.92 Å². The highest BCUT2D eigenvalue weighted by Crippen LogP contribution is 2.12. The lowest BCUT2D eigenvalue weighted by Crippen LogP contribution is -2.50. The summed E-state index contributed by atoms with van der Waals surface area (Å²) in [5.41, 5.74) is 0.520. The molecule has 0 saturated carbocycles. The Morgan fingerprint density at radius 2 is 1.52 bits per heavy atom. The fourth-order valence-electron chi connectivity index (χ4n) is 2.83. The van der Waals surface area contributed by atoms with E-state index in [1.807, 2.05) is 0 Å². The van der Waals surface area contributed by atoms with Gasteiger partial charge in [0.2, 0.25) is 17.7 Å². The van der Waals surface area contributed by atoms with Crippen molar-refractivity contribution in [2.45, 2.75) is 26.2 Å². The summed E-state index contributed by atoms with van der Waals surface area (Å²) in [6.07, 6.45) is 0.387. The molecule has 1 aromatic rings. The molecule has 1 fully saturated rings. The number of carbonyl (C=O) groups is 4. The van der Waals surface area contributed by atoms with Gasteiger partial charge in [0, 0.05) is 69.5 Å². The fourth-order valence-corrected chi connectivity index (χ4v) is 2.96. The minimum Gasteiger partial charge on any atom is -0.356 e. The first kappa shape index (κ1) is 20.9. The van der Waals surface area contributed by atoms with E-state index >= 15 is 0 Å². The standard InChI is InChI=1S/C19H24ClN3O4/c1-14(24)22-10-12-23(13-11-22)19(27)8-9-21-18(26)7-6-17(25)15-2-4-16(20)5-3-15/h2-5H,6-13H2,1H3,(H,21,26). The summed E-state index contributed by atoms with van der Waals surface area (Å²) in [4.78, 5) is 50.7. The number of piperazine rings is 1. The van der Waals surface area contributed by atoms with Crippen LogP contribution in [0.3, 0.4) is 0 Å². The first-order valence-electron chi connectivity index (χ1n) is 8.95. The van der Waals surface area contributed by atoms with Gasteiger partial charge in [-0.05, 0) is 24.3 Å². The average molecular weight is 394 g/mol. The Labute approximate surface area is 163 Å². The van der Waals surface area contributed by atoms with Gasteiger partial charge in [-0.2, -0.15) is 0 Å². The van der Waals surface area contributed by atoms with E-state index in [1.54, 1.807) is 34.1 Å². The molecule has 0 aliphatic carbocycles.